The number of nitrogens with zero attached hydrogens (tertiary/aromatic N) is 2. The van der Waals surface area contributed by atoms with E-state index in [2.05, 4.69) is 55.4 Å². The van der Waals surface area contributed by atoms with Crippen LogP contribution >= 0.6 is 0 Å². The minimum absolute atomic E-state index is 0.0216. The van der Waals surface area contributed by atoms with Crippen molar-refractivity contribution in [1.29, 1.82) is 0 Å². The standard InChI is InChI=1S/C40H56N4O3/c1-30(2)22-25-43(5)38(26-31(3)4)39(45)42-37(27-32-16-18-36(19-17-32)47-29-34-14-10-7-11-15-34)40(46)44(35-20-23-41-24-21-35)28-33-12-8-6-9-13-33/h6-19,30-31,35,37-38,41H,20-29H2,1-5H3,(H,42,45)/t37-,38-/m0/s1. The molecular formula is C40H56N4O3. The van der Waals surface area contributed by atoms with E-state index in [4.69, 9.17) is 4.74 Å². The number of benzene rings is 3. The van der Waals surface area contributed by atoms with Gasteiger partial charge in [0.05, 0.1) is 6.04 Å². The molecule has 1 aliphatic heterocycles. The van der Waals surface area contributed by atoms with Gasteiger partial charge in [0.2, 0.25) is 11.8 Å². The zero-order valence-electron chi connectivity index (χ0n) is 29.2. The van der Waals surface area contributed by atoms with Crippen LogP contribution in [0.15, 0.2) is 84.9 Å². The van der Waals surface area contributed by atoms with E-state index in [9.17, 15) is 9.59 Å². The Balaban J connectivity index is 1.58. The van der Waals surface area contributed by atoms with Crippen molar-refractivity contribution in [2.45, 2.75) is 91.1 Å². The number of piperidine rings is 1. The van der Waals surface area contributed by atoms with Crippen molar-refractivity contribution >= 4 is 11.8 Å². The lowest BCUT2D eigenvalue weighted by Gasteiger charge is -2.38. The highest BCUT2D eigenvalue weighted by atomic mass is 16.5. The second kappa shape index (κ2) is 18.6. The van der Waals surface area contributed by atoms with Gasteiger partial charge in [-0.2, -0.15) is 0 Å². The molecule has 3 aromatic carbocycles. The van der Waals surface area contributed by atoms with Gasteiger partial charge < -0.3 is 20.3 Å². The largest absolute Gasteiger partial charge is 0.489 e. The molecule has 3 aromatic rings. The lowest BCUT2D eigenvalue weighted by atomic mass is 9.97. The first-order valence-corrected chi connectivity index (χ1v) is 17.5. The SMILES string of the molecule is CC(C)CCN(C)[C@@H](CC(C)C)C(=O)N[C@@H](Cc1ccc(OCc2ccccc2)cc1)C(=O)N(Cc1ccccc1)C1CCNCC1. The van der Waals surface area contributed by atoms with Crippen LogP contribution in [0.2, 0.25) is 0 Å². The van der Waals surface area contributed by atoms with E-state index in [0.29, 0.717) is 31.4 Å². The van der Waals surface area contributed by atoms with Crippen LogP contribution in [0.3, 0.4) is 0 Å². The highest BCUT2D eigenvalue weighted by Crippen LogP contribution is 2.21. The van der Waals surface area contributed by atoms with Gasteiger partial charge >= 0.3 is 0 Å². The molecule has 0 radical (unpaired) electrons. The number of amides is 2. The summed E-state index contributed by atoms with van der Waals surface area (Å²) in [5.74, 6) is 1.57. The van der Waals surface area contributed by atoms with Gasteiger partial charge in [0, 0.05) is 19.0 Å². The topological polar surface area (TPSA) is 73.9 Å². The van der Waals surface area contributed by atoms with E-state index in [-0.39, 0.29) is 23.9 Å². The first-order chi connectivity index (χ1) is 22.7. The lowest BCUT2D eigenvalue weighted by Crippen LogP contribution is -2.57. The van der Waals surface area contributed by atoms with Crippen molar-refractivity contribution in [2.75, 3.05) is 26.7 Å². The van der Waals surface area contributed by atoms with E-state index in [1.807, 2.05) is 84.7 Å². The van der Waals surface area contributed by atoms with Gasteiger partial charge in [0.1, 0.15) is 18.4 Å². The molecule has 47 heavy (non-hydrogen) atoms. The Hall–Kier alpha value is -3.68. The fourth-order valence-corrected chi connectivity index (χ4v) is 6.20. The van der Waals surface area contributed by atoms with Crippen molar-refractivity contribution in [1.82, 2.24) is 20.4 Å². The number of hydrogen-bond donors (Lipinski definition) is 2. The molecule has 2 atom stereocenters. The van der Waals surface area contributed by atoms with Crippen LogP contribution < -0.4 is 15.4 Å². The highest BCUT2D eigenvalue weighted by molar-refractivity contribution is 5.90. The molecule has 2 N–H and O–H groups in total. The van der Waals surface area contributed by atoms with Gasteiger partial charge in [-0.05, 0) is 93.0 Å². The number of rotatable bonds is 17. The second-order valence-corrected chi connectivity index (χ2v) is 13.9. The molecule has 0 saturated carbocycles. The third kappa shape index (κ3) is 11.8. The number of likely N-dealkylation sites (N-methyl/N-ethyl adjacent to an activating group) is 1. The van der Waals surface area contributed by atoms with E-state index in [0.717, 1.165) is 67.8 Å². The average Bonchev–Trinajstić information content (AvgIpc) is 3.08. The van der Waals surface area contributed by atoms with Gasteiger partial charge in [-0.3, -0.25) is 14.5 Å². The quantitative estimate of drug-likeness (QED) is 0.177. The Morgan fingerprint density at radius 2 is 1.45 bits per heavy atom. The molecule has 1 saturated heterocycles. The van der Waals surface area contributed by atoms with Crippen LogP contribution in [-0.4, -0.2) is 66.4 Å². The third-order valence-corrected chi connectivity index (χ3v) is 9.04. The maximum absolute atomic E-state index is 14.7. The summed E-state index contributed by atoms with van der Waals surface area (Å²) in [4.78, 5) is 33.0. The molecular weight excluding hydrogens is 584 g/mol. The van der Waals surface area contributed by atoms with Crippen molar-refractivity contribution < 1.29 is 14.3 Å². The molecule has 4 rings (SSSR count). The maximum Gasteiger partial charge on any atom is 0.246 e. The van der Waals surface area contributed by atoms with E-state index in [1.54, 1.807) is 0 Å². The van der Waals surface area contributed by atoms with E-state index >= 15 is 0 Å². The Morgan fingerprint density at radius 3 is 2.04 bits per heavy atom. The first-order valence-electron chi connectivity index (χ1n) is 17.5. The van der Waals surface area contributed by atoms with Crippen molar-refractivity contribution in [3.63, 3.8) is 0 Å². The predicted molar refractivity (Wildman–Crippen MR) is 191 cm³/mol. The van der Waals surface area contributed by atoms with Crippen molar-refractivity contribution in [3.8, 4) is 5.75 Å². The average molecular weight is 641 g/mol. The summed E-state index contributed by atoms with van der Waals surface area (Å²) in [6.45, 7) is 12.3. The summed E-state index contributed by atoms with van der Waals surface area (Å²) in [7, 11) is 2.04. The van der Waals surface area contributed by atoms with Crippen LogP contribution in [0.5, 0.6) is 5.75 Å². The maximum atomic E-state index is 14.7. The third-order valence-electron chi connectivity index (χ3n) is 9.04. The van der Waals surface area contributed by atoms with Gasteiger partial charge in [-0.25, -0.2) is 0 Å². The minimum atomic E-state index is -0.689. The second-order valence-electron chi connectivity index (χ2n) is 13.9. The van der Waals surface area contributed by atoms with Crippen LogP contribution in [0.25, 0.3) is 0 Å². The molecule has 0 spiro atoms. The lowest BCUT2D eigenvalue weighted by molar-refractivity contribution is -0.140. The summed E-state index contributed by atoms with van der Waals surface area (Å²) in [6, 6.07) is 27.3. The number of nitrogens with one attached hydrogen (secondary N) is 2. The summed E-state index contributed by atoms with van der Waals surface area (Å²) in [5, 5.41) is 6.73. The molecule has 0 bridgehead atoms. The molecule has 7 nitrogen and oxygen atoms in total. The number of carbonyl (C=O) groups excluding carboxylic acids is 2. The zero-order chi connectivity index (χ0) is 33.6. The molecule has 254 valence electrons. The minimum Gasteiger partial charge on any atom is -0.489 e. The number of ether oxygens (including phenoxy) is 1. The zero-order valence-corrected chi connectivity index (χ0v) is 29.2. The van der Waals surface area contributed by atoms with Gasteiger partial charge in [-0.15, -0.1) is 0 Å². The van der Waals surface area contributed by atoms with Crippen LogP contribution in [0.1, 0.15) is 70.1 Å². The molecule has 0 unspecified atom stereocenters. The molecule has 1 heterocycles. The van der Waals surface area contributed by atoms with E-state index < -0.39 is 6.04 Å². The summed E-state index contributed by atoms with van der Waals surface area (Å²) in [5.41, 5.74) is 3.18. The first kappa shape index (κ1) is 36.2. The fraction of sp³-hybridized carbons (Fsp3) is 0.500. The number of carbonyl (C=O) groups is 2. The Kier molecular flexibility index (Phi) is 14.3. The molecule has 2 amide bonds. The van der Waals surface area contributed by atoms with E-state index in [1.165, 1.54) is 0 Å². The Morgan fingerprint density at radius 1 is 0.830 bits per heavy atom. The molecule has 0 aliphatic carbocycles. The van der Waals surface area contributed by atoms with Gasteiger partial charge in [0.25, 0.3) is 0 Å². The monoisotopic (exact) mass is 640 g/mol. The van der Waals surface area contributed by atoms with Crippen LogP contribution in [0.4, 0.5) is 0 Å². The van der Waals surface area contributed by atoms with Crippen LogP contribution in [0, 0.1) is 11.8 Å². The predicted octanol–water partition coefficient (Wildman–Crippen LogP) is 6.47. The molecule has 0 aromatic heterocycles. The Labute approximate surface area is 283 Å². The summed E-state index contributed by atoms with van der Waals surface area (Å²) >= 11 is 0. The number of hydrogen-bond acceptors (Lipinski definition) is 5. The normalized spacial score (nSPS) is 15.1. The fourth-order valence-electron chi connectivity index (χ4n) is 6.20. The van der Waals surface area contributed by atoms with Gasteiger partial charge in [0.15, 0.2) is 0 Å². The van der Waals surface area contributed by atoms with Gasteiger partial charge in [-0.1, -0.05) is 100 Å². The molecule has 7 heteroatoms. The van der Waals surface area contributed by atoms with Crippen molar-refractivity contribution in [3.05, 3.63) is 102 Å². The molecule has 1 fully saturated rings. The highest BCUT2D eigenvalue weighted by Gasteiger charge is 2.34. The Bertz CT molecular complexity index is 1340. The van der Waals surface area contributed by atoms with Crippen molar-refractivity contribution in [2.24, 2.45) is 11.8 Å². The van der Waals surface area contributed by atoms with Crippen LogP contribution in [-0.2, 0) is 29.2 Å². The summed E-state index contributed by atoms with van der Waals surface area (Å²) < 4.78 is 6.03. The molecule has 1 aliphatic rings. The smallest absolute Gasteiger partial charge is 0.246 e. The summed E-state index contributed by atoms with van der Waals surface area (Å²) in [6.07, 6.45) is 3.93.